The van der Waals surface area contributed by atoms with Crippen LogP contribution in [0.25, 0.3) is 21.8 Å². The van der Waals surface area contributed by atoms with Crippen LogP contribution in [0.3, 0.4) is 0 Å². The Balaban J connectivity index is 2.05. The van der Waals surface area contributed by atoms with Crippen molar-refractivity contribution in [1.29, 1.82) is 0 Å². The molecule has 2 N–H and O–H groups in total. The van der Waals surface area contributed by atoms with E-state index in [4.69, 9.17) is 0 Å². The minimum absolute atomic E-state index is 0.244. The van der Waals surface area contributed by atoms with Gasteiger partial charge in [-0.2, -0.15) is 0 Å². The number of aromatic hydroxyl groups is 1. The molecule has 0 amide bonds. The van der Waals surface area contributed by atoms with Gasteiger partial charge in [-0.3, -0.25) is 0 Å². The van der Waals surface area contributed by atoms with Crippen LogP contribution in [0.1, 0.15) is 29.9 Å². The van der Waals surface area contributed by atoms with Crippen molar-refractivity contribution < 1.29 is 15.0 Å². The maximum atomic E-state index is 11.2. The lowest BCUT2D eigenvalue weighted by molar-refractivity contribution is 0.0702. The highest BCUT2D eigenvalue weighted by Gasteiger charge is 2.15. The molecule has 0 saturated carbocycles. The highest BCUT2D eigenvalue weighted by atomic mass is 32.1. The number of phenolic OH excluding ortho intramolecular Hbond substituents is 1. The first-order chi connectivity index (χ1) is 12.0. The van der Waals surface area contributed by atoms with Gasteiger partial charge in [0.15, 0.2) is 0 Å². The first-order valence-corrected chi connectivity index (χ1v) is 9.10. The fraction of sp³-hybridized carbons (Fsp3) is 0.250. The van der Waals surface area contributed by atoms with Gasteiger partial charge in [0.1, 0.15) is 10.6 Å². The van der Waals surface area contributed by atoms with Crippen molar-refractivity contribution in [3.05, 3.63) is 53.4 Å². The first kappa shape index (κ1) is 17.3. The van der Waals surface area contributed by atoms with E-state index in [0.29, 0.717) is 10.8 Å². The minimum Gasteiger partial charge on any atom is -0.508 e. The number of aromatic carboxylic acids is 1. The summed E-state index contributed by atoms with van der Waals surface area (Å²) in [5.41, 5.74) is 3.13. The molecule has 0 aliphatic rings. The van der Waals surface area contributed by atoms with E-state index in [1.165, 1.54) is 11.3 Å². The van der Waals surface area contributed by atoms with Gasteiger partial charge in [-0.15, -0.1) is 11.3 Å². The number of hydrogen-bond acceptors (Lipinski definition) is 3. The Morgan fingerprint density at radius 1 is 1.04 bits per heavy atom. The van der Waals surface area contributed by atoms with Gasteiger partial charge in [0.2, 0.25) is 0 Å². The van der Waals surface area contributed by atoms with E-state index in [1.54, 1.807) is 18.2 Å². The number of rotatable bonds is 6. The molecule has 0 bridgehead atoms. The second-order valence-corrected chi connectivity index (χ2v) is 7.54. The van der Waals surface area contributed by atoms with Gasteiger partial charge in [0, 0.05) is 12.2 Å². The lowest BCUT2D eigenvalue weighted by atomic mass is 10.1. The second kappa shape index (κ2) is 7.15. The average Bonchev–Trinajstić information content (AvgIpc) is 3.20. The molecule has 2 aromatic heterocycles. The molecule has 3 rings (SSSR count). The van der Waals surface area contributed by atoms with Crippen LogP contribution in [0.15, 0.2) is 48.5 Å². The van der Waals surface area contributed by atoms with Gasteiger partial charge >= 0.3 is 5.97 Å². The number of aromatic nitrogens is 1. The van der Waals surface area contributed by atoms with E-state index in [1.807, 2.05) is 24.3 Å². The zero-order chi connectivity index (χ0) is 18.0. The molecule has 0 aliphatic heterocycles. The molecule has 5 heteroatoms. The Labute approximate surface area is 151 Å². The van der Waals surface area contributed by atoms with E-state index in [9.17, 15) is 15.0 Å². The Morgan fingerprint density at radius 2 is 1.72 bits per heavy atom. The molecule has 130 valence electrons. The standard InChI is InChI=1S/C20H21NO3S/c1-13(2)11-12-21-16(14-3-5-15(22)6-4-14)7-8-17(21)18-9-10-19(25-18)20(23)24/h3-10,13,22H,11-12H2,1-2H3,(H,23,24). The number of thiophene rings is 1. The predicted octanol–water partition coefficient (Wildman–Crippen LogP) is 5.33. The van der Waals surface area contributed by atoms with Crippen molar-refractivity contribution in [2.24, 2.45) is 5.92 Å². The molecule has 0 unspecified atom stereocenters. The lowest BCUT2D eigenvalue weighted by Crippen LogP contribution is -2.04. The average molecular weight is 355 g/mol. The van der Waals surface area contributed by atoms with Gasteiger partial charge in [-0.1, -0.05) is 13.8 Å². The van der Waals surface area contributed by atoms with Crippen LogP contribution in [0.5, 0.6) is 5.75 Å². The molecular formula is C20H21NO3S. The Hall–Kier alpha value is -2.53. The van der Waals surface area contributed by atoms with Crippen molar-refractivity contribution >= 4 is 17.3 Å². The van der Waals surface area contributed by atoms with Crippen LogP contribution in [-0.2, 0) is 6.54 Å². The number of benzene rings is 1. The quantitative estimate of drug-likeness (QED) is 0.628. The van der Waals surface area contributed by atoms with Crippen molar-refractivity contribution in [3.63, 3.8) is 0 Å². The summed E-state index contributed by atoms with van der Waals surface area (Å²) >= 11 is 1.29. The number of carboxylic acid groups (broad SMARTS) is 1. The third-order valence-electron chi connectivity index (χ3n) is 4.14. The first-order valence-electron chi connectivity index (χ1n) is 8.28. The summed E-state index contributed by atoms with van der Waals surface area (Å²) in [6, 6.07) is 14.8. The maximum absolute atomic E-state index is 11.2. The molecular weight excluding hydrogens is 334 g/mol. The molecule has 0 atom stereocenters. The van der Waals surface area contributed by atoms with Gasteiger partial charge in [0.25, 0.3) is 0 Å². The molecule has 2 heterocycles. The van der Waals surface area contributed by atoms with Crippen molar-refractivity contribution in [1.82, 2.24) is 4.57 Å². The molecule has 4 nitrogen and oxygen atoms in total. The summed E-state index contributed by atoms with van der Waals surface area (Å²) in [5.74, 6) is -0.0789. The van der Waals surface area contributed by atoms with Gasteiger partial charge < -0.3 is 14.8 Å². The number of nitrogens with zero attached hydrogens (tertiary/aromatic N) is 1. The van der Waals surface area contributed by atoms with Crippen molar-refractivity contribution in [3.8, 4) is 27.6 Å². The monoisotopic (exact) mass is 355 g/mol. The summed E-state index contributed by atoms with van der Waals surface area (Å²) in [4.78, 5) is 12.5. The van der Waals surface area contributed by atoms with E-state index in [-0.39, 0.29) is 5.75 Å². The highest BCUT2D eigenvalue weighted by Crippen LogP contribution is 2.34. The summed E-state index contributed by atoms with van der Waals surface area (Å²) in [6.07, 6.45) is 1.03. The molecule has 0 aliphatic carbocycles. The lowest BCUT2D eigenvalue weighted by Gasteiger charge is -2.14. The van der Waals surface area contributed by atoms with Gasteiger partial charge in [-0.05, 0) is 66.4 Å². The van der Waals surface area contributed by atoms with E-state index in [0.717, 1.165) is 34.8 Å². The predicted molar refractivity (Wildman–Crippen MR) is 101 cm³/mol. The second-order valence-electron chi connectivity index (χ2n) is 6.45. The minimum atomic E-state index is -0.893. The Kier molecular flexibility index (Phi) is 4.95. The highest BCUT2D eigenvalue weighted by molar-refractivity contribution is 7.17. The Morgan fingerprint density at radius 3 is 2.32 bits per heavy atom. The van der Waals surface area contributed by atoms with Crippen molar-refractivity contribution in [2.75, 3.05) is 0 Å². The number of phenols is 1. The summed E-state index contributed by atoms with van der Waals surface area (Å²) < 4.78 is 2.24. The molecule has 0 saturated heterocycles. The topological polar surface area (TPSA) is 62.5 Å². The number of hydrogen-bond donors (Lipinski definition) is 2. The van der Waals surface area contributed by atoms with Crippen molar-refractivity contribution in [2.45, 2.75) is 26.8 Å². The fourth-order valence-corrected chi connectivity index (χ4v) is 3.66. The van der Waals surface area contributed by atoms with Crippen LogP contribution in [0, 0.1) is 5.92 Å². The SMILES string of the molecule is CC(C)CCn1c(-c2ccc(O)cc2)ccc1-c1ccc(C(=O)O)s1. The van der Waals surface area contributed by atoms with Crippen LogP contribution in [-0.4, -0.2) is 20.7 Å². The van der Waals surface area contributed by atoms with Gasteiger partial charge in [0.05, 0.1) is 10.6 Å². The van der Waals surface area contributed by atoms with E-state index >= 15 is 0 Å². The van der Waals surface area contributed by atoms with E-state index in [2.05, 4.69) is 24.5 Å². The number of carbonyl (C=O) groups is 1. The summed E-state index contributed by atoms with van der Waals surface area (Å²) in [6.45, 7) is 5.24. The molecule has 0 fully saturated rings. The van der Waals surface area contributed by atoms with Crippen LogP contribution < -0.4 is 0 Å². The molecule has 1 aromatic carbocycles. The van der Waals surface area contributed by atoms with E-state index < -0.39 is 5.97 Å². The van der Waals surface area contributed by atoms with Crippen LogP contribution in [0.2, 0.25) is 0 Å². The van der Waals surface area contributed by atoms with Gasteiger partial charge in [-0.25, -0.2) is 4.79 Å². The fourth-order valence-electron chi connectivity index (χ4n) is 2.79. The van der Waals surface area contributed by atoms with Crippen LogP contribution in [0.4, 0.5) is 0 Å². The smallest absolute Gasteiger partial charge is 0.345 e. The largest absolute Gasteiger partial charge is 0.508 e. The Bertz CT molecular complexity index is 875. The third kappa shape index (κ3) is 3.77. The molecule has 3 aromatic rings. The zero-order valence-corrected chi connectivity index (χ0v) is 15.1. The number of carboxylic acids is 1. The summed E-state index contributed by atoms with van der Waals surface area (Å²) in [7, 11) is 0. The molecule has 25 heavy (non-hydrogen) atoms. The molecule has 0 spiro atoms. The molecule has 0 radical (unpaired) electrons. The summed E-state index contributed by atoms with van der Waals surface area (Å²) in [5, 5.41) is 18.7. The third-order valence-corrected chi connectivity index (χ3v) is 5.24. The zero-order valence-electron chi connectivity index (χ0n) is 14.3. The normalized spacial score (nSPS) is 11.2. The van der Waals surface area contributed by atoms with Crippen LogP contribution >= 0.6 is 11.3 Å². The maximum Gasteiger partial charge on any atom is 0.345 e.